The summed E-state index contributed by atoms with van der Waals surface area (Å²) in [5.74, 6) is 0. The molecule has 0 bridgehead atoms. The van der Waals surface area contributed by atoms with E-state index in [1.165, 1.54) is 4.88 Å². The third kappa shape index (κ3) is 2.10. The fourth-order valence-corrected chi connectivity index (χ4v) is 2.26. The van der Waals surface area contributed by atoms with Crippen LogP contribution in [0.15, 0.2) is 12.1 Å². The average molecular weight is 199 g/mol. The van der Waals surface area contributed by atoms with E-state index in [1.54, 1.807) is 18.3 Å². The molecule has 0 spiro atoms. The molecule has 2 atom stereocenters. The van der Waals surface area contributed by atoms with Gasteiger partial charge in [0, 0.05) is 15.8 Å². The quantitative estimate of drug-likeness (QED) is 0.782. The van der Waals surface area contributed by atoms with Gasteiger partial charge in [-0.2, -0.15) is 0 Å². The molecule has 13 heavy (non-hydrogen) atoms. The van der Waals surface area contributed by atoms with E-state index in [0.29, 0.717) is 0 Å². The van der Waals surface area contributed by atoms with Crippen LogP contribution in [0.3, 0.4) is 0 Å². The molecule has 0 aliphatic rings. The van der Waals surface area contributed by atoms with Crippen molar-refractivity contribution in [2.24, 2.45) is 5.73 Å². The molecule has 74 valence electrons. The molecule has 3 heteroatoms. The van der Waals surface area contributed by atoms with E-state index < -0.39 is 5.60 Å². The normalized spacial score (nSPS) is 18.2. The summed E-state index contributed by atoms with van der Waals surface area (Å²) in [6.07, 6.45) is 0.782. The van der Waals surface area contributed by atoms with Crippen LogP contribution >= 0.6 is 11.3 Å². The van der Waals surface area contributed by atoms with Gasteiger partial charge in [-0.3, -0.25) is 0 Å². The Hall–Kier alpha value is -0.380. The van der Waals surface area contributed by atoms with Crippen molar-refractivity contribution >= 4 is 11.3 Å². The molecule has 0 saturated carbocycles. The number of hydrogen-bond acceptors (Lipinski definition) is 3. The van der Waals surface area contributed by atoms with Crippen molar-refractivity contribution < 1.29 is 5.11 Å². The molecule has 3 N–H and O–H groups in total. The molecule has 0 radical (unpaired) electrons. The van der Waals surface area contributed by atoms with E-state index >= 15 is 0 Å². The molecule has 0 aliphatic heterocycles. The van der Waals surface area contributed by atoms with Crippen LogP contribution in [0.25, 0.3) is 0 Å². The first kappa shape index (κ1) is 10.7. The van der Waals surface area contributed by atoms with Gasteiger partial charge in [0.15, 0.2) is 0 Å². The summed E-state index contributed by atoms with van der Waals surface area (Å²) in [4.78, 5) is 2.16. The lowest BCUT2D eigenvalue weighted by Gasteiger charge is -2.28. The number of rotatable bonds is 3. The standard InChI is InChI=1S/C10H17NOS/c1-4-8(11)10(3,12)9-6-5-7(2)13-9/h5-6,8,12H,4,11H2,1-3H3. The van der Waals surface area contributed by atoms with Gasteiger partial charge in [0.1, 0.15) is 5.60 Å². The molecule has 1 rings (SSSR count). The summed E-state index contributed by atoms with van der Waals surface area (Å²) >= 11 is 1.61. The second kappa shape index (κ2) is 3.78. The van der Waals surface area contributed by atoms with E-state index in [-0.39, 0.29) is 6.04 Å². The maximum absolute atomic E-state index is 10.2. The van der Waals surface area contributed by atoms with Gasteiger partial charge in [-0.05, 0) is 32.4 Å². The Bertz CT molecular complexity index is 280. The summed E-state index contributed by atoms with van der Waals surface area (Å²) in [6, 6.07) is 3.78. The summed E-state index contributed by atoms with van der Waals surface area (Å²) in [5.41, 5.74) is 4.97. The van der Waals surface area contributed by atoms with Gasteiger partial charge >= 0.3 is 0 Å². The van der Waals surface area contributed by atoms with Gasteiger partial charge in [0.25, 0.3) is 0 Å². The summed E-state index contributed by atoms with van der Waals surface area (Å²) in [5, 5.41) is 10.2. The second-order valence-corrected chi connectivity index (χ2v) is 4.86. The predicted octanol–water partition coefficient (Wildman–Crippen LogP) is 2.00. The van der Waals surface area contributed by atoms with Crippen LogP contribution in [0.2, 0.25) is 0 Å². The lowest BCUT2D eigenvalue weighted by Crippen LogP contribution is -2.41. The van der Waals surface area contributed by atoms with E-state index in [2.05, 4.69) is 0 Å². The lowest BCUT2D eigenvalue weighted by atomic mass is 9.93. The van der Waals surface area contributed by atoms with Crippen LogP contribution in [0.4, 0.5) is 0 Å². The predicted molar refractivity (Wildman–Crippen MR) is 56.9 cm³/mol. The highest BCUT2D eigenvalue weighted by molar-refractivity contribution is 7.12. The summed E-state index contributed by atoms with van der Waals surface area (Å²) < 4.78 is 0. The van der Waals surface area contributed by atoms with E-state index in [0.717, 1.165) is 11.3 Å². The first-order valence-electron chi connectivity index (χ1n) is 4.53. The van der Waals surface area contributed by atoms with Crippen molar-refractivity contribution in [3.8, 4) is 0 Å². The highest BCUT2D eigenvalue weighted by Crippen LogP contribution is 2.30. The molecule has 2 nitrogen and oxygen atoms in total. The molecule has 1 aromatic rings. The number of hydrogen-bond donors (Lipinski definition) is 2. The zero-order valence-electron chi connectivity index (χ0n) is 8.37. The monoisotopic (exact) mass is 199 g/mol. The Balaban J connectivity index is 2.92. The lowest BCUT2D eigenvalue weighted by molar-refractivity contribution is 0.0313. The van der Waals surface area contributed by atoms with Crippen LogP contribution in [-0.4, -0.2) is 11.1 Å². The maximum Gasteiger partial charge on any atom is 0.111 e. The Morgan fingerprint density at radius 2 is 2.23 bits per heavy atom. The minimum Gasteiger partial charge on any atom is -0.383 e. The third-order valence-corrected chi connectivity index (χ3v) is 3.63. The Morgan fingerprint density at radius 3 is 2.62 bits per heavy atom. The van der Waals surface area contributed by atoms with Crippen molar-refractivity contribution in [2.75, 3.05) is 0 Å². The molecule has 0 saturated heterocycles. The van der Waals surface area contributed by atoms with Gasteiger partial charge in [-0.25, -0.2) is 0 Å². The van der Waals surface area contributed by atoms with Crippen LogP contribution < -0.4 is 5.73 Å². The molecule has 1 aromatic heterocycles. The molecular formula is C10H17NOS. The van der Waals surface area contributed by atoms with Gasteiger partial charge in [-0.1, -0.05) is 6.92 Å². The van der Waals surface area contributed by atoms with Gasteiger partial charge in [0.2, 0.25) is 0 Å². The summed E-state index contributed by atoms with van der Waals surface area (Å²) in [6.45, 7) is 5.80. The highest BCUT2D eigenvalue weighted by atomic mass is 32.1. The van der Waals surface area contributed by atoms with Crippen molar-refractivity contribution in [1.82, 2.24) is 0 Å². The van der Waals surface area contributed by atoms with Crippen molar-refractivity contribution in [2.45, 2.75) is 38.8 Å². The van der Waals surface area contributed by atoms with Crippen LogP contribution in [0, 0.1) is 6.92 Å². The second-order valence-electron chi connectivity index (χ2n) is 3.57. The minimum absolute atomic E-state index is 0.189. The molecule has 0 aliphatic carbocycles. The topological polar surface area (TPSA) is 46.2 Å². The van der Waals surface area contributed by atoms with Gasteiger partial charge < -0.3 is 10.8 Å². The zero-order chi connectivity index (χ0) is 10.1. The smallest absolute Gasteiger partial charge is 0.111 e. The fourth-order valence-electron chi connectivity index (χ4n) is 1.29. The molecule has 0 fully saturated rings. The molecule has 1 heterocycles. The minimum atomic E-state index is -0.881. The number of nitrogens with two attached hydrogens (primary N) is 1. The SMILES string of the molecule is CCC(N)C(C)(O)c1ccc(C)s1. The van der Waals surface area contributed by atoms with Crippen molar-refractivity contribution in [3.63, 3.8) is 0 Å². The fraction of sp³-hybridized carbons (Fsp3) is 0.600. The Labute approximate surface area is 83.4 Å². The largest absolute Gasteiger partial charge is 0.383 e. The highest BCUT2D eigenvalue weighted by Gasteiger charge is 2.30. The van der Waals surface area contributed by atoms with Crippen molar-refractivity contribution in [3.05, 3.63) is 21.9 Å². The van der Waals surface area contributed by atoms with Gasteiger partial charge in [-0.15, -0.1) is 11.3 Å². The molecular weight excluding hydrogens is 182 g/mol. The zero-order valence-corrected chi connectivity index (χ0v) is 9.19. The number of aliphatic hydroxyl groups is 1. The average Bonchev–Trinajstić information content (AvgIpc) is 2.50. The maximum atomic E-state index is 10.2. The van der Waals surface area contributed by atoms with Crippen molar-refractivity contribution in [1.29, 1.82) is 0 Å². The molecule has 0 amide bonds. The first-order chi connectivity index (χ1) is 5.98. The number of aryl methyl sites for hydroxylation is 1. The van der Waals surface area contributed by atoms with Gasteiger partial charge in [0.05, 0.1) is 0 Å². The van der Waals surface area contributed by atoms with Crippen LogP contribution in [0.1, 0.15) is 30.0 Å². The van der Waals surface area contributed by atoms with E-state index in [1.807, 2.05) is 26.0 Å². The third-order valence-electron chi connectivity index (χ3n) is 2.40. The van der Waals surface area contributed by atoms with Crippen LogP contribution in [0.5, 0.6) is 0 Å². The molecule has 0 aromatic carbocycles. The number of thiophene rings is 1. The Morgan fingerprint density at radius 1 is 1.62 bits per heavy atom. The first-order valence-corrected chi connectivity index (χ1v) is 5.35. The Kier molecular flexibility index (Phi) is 3.11. The summed E-state index contributed by atoms with van der Waals surface area (Å²) in [7, 11) is 0. The van der Waals surface area contributed by atoms with E-state index in [9.17, 15) is 5.11 Å². The molecule has 2 unspecified atom stereocenters. The van der Waals surface area contributed by atoms with E-state index in [4.69, 9.17) is 5.73 Å². The van der Waals surface area contributed by atoms with Crippen LogP contribution in [-0.2, 0) is 5.60 Å².